The van der Waals surface area contributed by atoms with Gasteiger partial charge in [-0.15, -0.1) is 0 Å². The van der Waals surface area contributed by atoms with Gasteiger partial charge in [-0.1, -0.05) is 54.6 Å². The van der Waals surface area contributed by atoms with Crippen LogP contribution in [0, 0.1) is 5.82 Å². The third kappa shape index (κ3) is 3.38. The van der Waals surface area contributed by atoms with Gasteiger partial charge in [-0.05, 0) is 24.3 Å². The summed E-state index contributed by atoms with van der Waals surface area (Å²) in [6, 6.07) is 20.9. The van der Waals surface area contributed by atoms with Crippen LogP contribution in [0.5, 0.6) is 0 Å². The molecule has 0 saturated carbocycles. The van der Waals surface area contributed by atoms with Gasteiger partial charge >= 0.3 is 0 Å². The molecule has 3 nitrogen and oxygen atoms in total. The Morgan fingerprint density at radius 2 is 1.42 bits per heavy atom. The van der Waals surface area contributed by atoms with Crippen LogP contribution in [-0.4, -0.2) is 11.7 Å². The Bertz CT molecular complexity index is 891. The van der Waals surface area contributed by atoms with Crippen molar-refractivity contribution in [3.8, 4) is 0 Å². The lowest BCUT2D eigenvalue weighted by Gasteiger charge is -2.10. The summed E-state index contributed by atoms with van der Waals surface area (Å²) in [7, 11) is 0. The van der Waals surface area contributed by atoms with Crippen molar-refractivity contribution in [1.82, 2.24) is 0 Å². The van der Waals surface area contributed by atoms with Crippen LogP contribution in [0.1, 0.15) is 26.3 Å². The van der Waals surface area contributed by atoms with Crippen molar-refractivity contribution in [3.05, 3.63) is 101 Å². The van der Waals surface area contributed by atoms with E-state index in [9.17, 15) is 14.0 Å². The summed E-state index contributed by atoms with van der Waals surface area (Å²) in [5.74, 6) is -1.14. The number of benzene rings is 3. The molecule has 1 N–H and O–H groups in total. The Kier molecular flexibility index (Phi) is 4.47. The molecule has 0 unspecified atom stereocenters. The maximum atomic E-state index is 13.2. The van der Waals surface area contributed by atoms with Gasteiger partial charge in [0.15, 0.2) is 5.78 Å². The van der Waals surface area contributed by atoms with Gasteiger partial charge in [0.25, 0.3) is 5.91 Å². The Balaban J connectivity index is 1.91. The van der Waals surface area contributed by atoms with Crippen molar-refractivity contribution in [2.75, 3.05) is 5.32 Å². The molecule has 0 aliphatic carbocycles. The van der Waals surface area contributed by atoms with E-state index in [0.29, 0.717) is 16.8 Å². The van der Waals surface area contributed by atoms with E-state index in [0.717, 1.165) is 0 Å². The lowest BCUT2D eigenvalue weighted by atomic mass is 9.98. The van der Waals surface area contributed by atoms with Gasteiger partial charge < -0.3 is 5.32 Å². The SMILES string of the molecule is O=C(Nc1cccc(F)c1)c1ccccc1C(=O)c1ccccc1. The normalized spacial score (nSPS) is 10.2. The highest BCUT2D eigenvalue weighted by Gasteiger charge is 2.18. The fourth-order valence-corrected chi connectivity index (χ4v) is 2.39. The highest BCUT2D eigenvalue weighted by molar-refractivity contribution is 6.17. The molecular weight excluding hydrogens is 305 g/mol. The predicted molar refractivity (Wildman–Crippen MR) is 90.7 cm³/mol. The van der Waals surface area contributed by atoms with Crippen LogP contribution in [0.2, 0.25) is 0 Å². The quantitative estimate of drug-likeness (QED) is 0.728. The molecule has 0 radical (unpaired) electrons. The van der Waals surface area contributed by atoms with Crippen LogP contribution in [0.15, 0.2) is 78.9 Å². The number of hydrogen-bond donors (Lipinski definition) is 1. The van der Waals surface area contributed by atoms with E-state index < -0.39 is 11.7 Å². The molecule has 0 saturated heterocycles. The topological polar surface area (TPSA) is 46.2 Å². The van der Waals surface area contributed by atoms with Crippen LogP contribution in [-0.2, 0) is 0 Å². The molecule has 3 rings (SSSR count). The van der Waals surface area contributed by atoms with Gasteiger partial charge in [0.05, 0.1) is 5.56 Å². The molecule has 118 valence electrons. The molecule has 0 fully saturated rings. The van der Waals surface area contributed by atoms with Crippen LogP contribution < -0.4 is 5.32 Å². The number of hydrogen-bond acceptors (Lipinski definition) is 2. The Hall–Kier alpha value is -3.27. The third-order valence-electron chi connectivity index (χ3n) is 3.53. The molecule has 3 aromatic carbocycles. The average Bonchev–Trinajstić information content (AvgIpc) is 2.62. The smallest absolute Gasteiger partial charge is 0.256 e. The number of amides is 1. The summed E-state index contributed by atoms with van der Waals surface area (Å²) < 4.78 is 13.2. The minimum atomic E-state index is -0.458. The standard InChI is InChI=1S/C20H14FNO2/c21-15-9-6-10-16(13-15)22-20(24)18-12-5-4-11-17(18)19(23)14-7-2-1-3-8-14/h1-13H,(H,22,24). The number of halogens is 1. The molecule has 0 bridgehead atoms. The monoisotopic (exact) mass is 319 g/mol. The minimum absolute atomic E-state index is 0.236. The highest BCUT2D eigenvalue weighted by Crippen LogP contribution is 2.17. The van der Waals surface area contributed by atoms with Gasteiger partial charge in [0.2, 0.25) is 0 Å². The Morgan fingerprint density at radius 3 is 2.12 bits per heavy atom. The molecule has 1 amide bonds. The Morgan fingerprint density at radius 1 is 0.750 bits per heavy atom. The van der Waals surface area contributed by atoms with E-state index in [2.05, 4.69) is 5.32 Å². The summed E-state index contributed by atoms with van der Waals surface area (Å²) in [5, 5.41) is 2.61. The Labute approximate surface area is 138 Å². The van der Waals surface area contributed by atoms with Gasteiger partial charge in [-0.2, -0.15) is 0 Å². The molecule has 0 spiro atoms. The molecule has 0 atom stereocenters. The molecule has 0 aliphatic heterocycles. The number of carbonyl (C=O) groups excluding carboxylic acids is 2. The number of anilines is 1. The second kappa shape index (κ2) is 6.87. The maximum absolute atomic E-state index is 13.2. The molecule has 4 heteroatoms. The lowest BCUT2D eigenvalue weighted by Crippen LogP contribution is -2.17. The summed E-state index contributed by atoms with van der Waals surface area (Å²) in [6.45, 7) is 0. The molecule has 3 aromatic rings. The van der Waals surface area contributed by atoms with Gasteiger partial charge in [-0.25, -0.2) is 4.39 Å². The van der Waals surface area contributed by atoms with Crippen molar-refractivity contribution >= 4 is 17.4 Å². The van der Waals surface area contributed by atoms with Gasteiger partial charge in [-0.3, -0.25) is 9.59 Å². The van der Waals surface area contributed by atoms with E-state index in [1.54, 1.807) is 54.6 Å². The van der Waals surface area contributed by atoms with Gasteiger partial charge in [0, 0.05) is 16.8 Å². The predicted octanol–water partition coefficient (Wildman–Crippen LogP) is 4.31. The van der Waals surface area contributed by atoms with E-state index >= 15 is 0 Å². The zero-order valence-electron chi connectivity index (χ0n) is 12.7. The second-order valence-electron chi connectivity index (χ2n) is 5.21. The largest absolute Gasteiger partial charge is 0.322 e. The first kappa shape index (κ1) is 15.6. The zero-order valence-corrected chi connectivity index (χ0v) is 12.7. The van der Waals surface area contributed by atoms with E-state index in [4.69, 9.17) is 0 Å². The lowest BCUT2D eigenvalue weighted by molar-refractivity contribution is 0.0996. The molecule has 24 heavy (non-hydrogen) atoms. The third-order valence-corrected chi connectivity index (χ3v) is 3.53. The number of carbonyl (C=O) groups is 2. The van der Waals surface area contributed by atoms with Crippen LogP contribution in [0.4, 0.5) is 10.1 Å². The fourth-order valence-electron chi connectivity index (χ4n) is 2.39. The van der Waals surface area contributed by atoms with E-state index in [-0.39, 0.29) is 11.3 Å². The van der Waals surface area contributed by atoms with Crippen LogP contribution in [0.25, 0.3) is 0 Å². The van der Waals surface area contributed by atoms with Crippen molar-refractivity contribution in [2.45, 2.75) is 0 Å². The molecule has 0 aliphatic rings. The second-order valence-corrected chi connectivity index (χ2v) is 5.21. The van der Waals surface area contributed by atoms with Crippen molar-refractivity contribution in [3.63, 3.8) is 0 Å². The maximum Gasteiger partial charge on any atom is 0.256 e. The number of ketones is 1. The van der Waals surface area contributed by atoms with E-state index in [1.807, 2.05) is 6.07 Å². The van der Waals surface area contributed by atoms with Gasteiger partial charge in [0.1, 0.15) is 5.82 Å². The first-order valence-electron chi connectivity index (χ1n) is 7.41. The fraction of sp³-hybridized carbons (Fsp3) is 0. The first-order valence-corrected chi connectivity index (χ1v) is 7.41. The van der Waals surface area contributed by atoms with Crippen molar-refractivity contribution in [2.24, 2.45) is 0 Å². The highest BCUT2D eigenvalue weighted by atomic mass is 19.1. The molecular formula is C20H14FNO2. The molecule has 0 aromatic heterocycles. The van der Waals surface area contributed by atoms with Crippen LogP contribution >= 0.6 is 0 Å². The van der Waals surface area contributed by atoms with Crippen molar-refractivity contribution in [1.29, 1.82) is 0 Å². The first-order chi connectivity index (χ1) is 11.6. The average molecular weight is 319 g/mol. The molecule has 0 heterocycles. The summed E-state index contributed by atoms with van der Waals surface area (Å²) in [5.41, 5.74) is 1.39. The van der Waals surface area contributed by atoms with Crippen LogP contribution in [0.3, 0.4) is 0 Å². The zero-order chi connectivity index (χ0) is 16.9. The number of nitrogens with one attached hydrogen (secondary N) is 1. The minimum Gasteiger partial charge on any atom is -0.322 e. The number of rotatable bonds is 4. The summed E-state index contributed by atoms with van der Waals surface area (Å²) in [6.07, 6.45) is 0. The van der Waals surface area contributed by atoms with E-state index in [1.165, 1.54) is 18.2 Å². The van der Waals surface area contributed by atoms with Crippen molar-refractivity contribution < 1.29 is 14.0 Å². The summed E-state index contributed by atoms with van der Waals surface area (Å²) >= 11 is 0. The summed E-state index contributed by atoms with van der Waals surface area (Å²) in [4.78, 5) is 25.1.